The number of rotatable bonds is 2. The Morgan fingerprint density at radius 1 is 1.14 bits per heavy atom. The molecule has 3 aromatic rings. The van der Waals surface area contributed by atoms with Gasteiger partial charge in [-0.15, -0.1) is 0 Å². The number of aromatic nitrogens is 3. The predicted molar refractivity (Wildman–Crippen MR) is 101 cm³/mol. The SMILES string of the molecule is Cn1ccc(C(=O)N2CCCN(c3nc4c(C(F)(F)F)cccc4s3)CC2)n1. The van der Waals surface area contributed by atoms with Gasteiger partial charge in [-0.05, 0) is 24.6 Å². The van der Waals surface area contributed by atoms with Gasteiger partial charge in [0.25, 0.3) is 5.91 Å². The predicted octanol–water partition coefficient (Wildman–Crippen LogP) is 3.40. The van der Waals surface area contributed by atoms with Crippen LogP contribution in [-0.4, -0.2) is 51.8 Å². The summed E-state index contributed by atoms with van der Waals surface area (Å²) in [5, 5.41) is 4.70. The molecule has 0 spiro atoms. The number of carbonyl (C=O) groups excluding carboxylic acids is 1. The van der Waals surface area contributed by atoms with Gasteiger partial charge in [0.1, 0.15) is 5.69 Å². The number of nitrogens with zero attached hydrogens (tertiary/aromatic N) is 5. The van der Waals surface area contributed by atoms with Crippen LogP contribution in [0.15, 0.2) is 30.5 Å². The smallest absolute Gasteiger partial charge is 0.346 e. The lowest BCUT2D eigenvalue weighted by Crippen LogP contribution is -2.35. The van der Waals surface area contributed by atoms with Gasteiger partial charge in [0.2, 0.25) is 0 Å². The summed E-state index contributed by atoms with van der Waals surface area (Å²) in [5.41, 5.74) is -0.333. The Morgan fingerprint density at radius 3 is 2.68 bits per heavy atom. The van der Waals surface area contributed by atoms with Crippen molar-refractivity contribution in [3.63, 3.8) is 0 Å². The zero-order chi connectivity index (χ0) is 19.9. The molecular formula is C18H18F3N5OS. The van der Waals surface area contributed by atoms with Gasteiger partial charge in [-0.1, -0.05) is 17.4 Å². The standard InChI is InChI=1S/C18H18F3N5OS/c1-24-9-6-13(23-24)16(27)25-7-3-8-26(11-10-25)17-22-15-12(18(19,20)21)4-2-5-14(15)28-17/h2,4-6,9H,3,7-8,10-11H2,1H3. The second-order valence-electron chi connectivity index (χ2n) is 6.65. The number of carbonyl (C=O) groups is 1. The van der Waals surface area contributed by atoms with Crippen LogP contribution in [0.3, 0.4) is 0 Å². The molecule has 1 aliphatic heterocycles. The molecule has 148 valence electrons. The number of anilines is 1. The number of halogens is 3. The first-order chi connectivity index (χ1) is 13.3. The van der Waals surface area contributed by atoms with Crippen LogP contribution >= 0.6 is 11.3 Å². The molecule has 28 heavy (non-hydrogen) atoms. The third kappa shape index (κ3) is 3.56. The maximum atomic E-state index is 13.2. The number of hydrogen-bond acceptors (Lipinski definition) is 5. The van der Waals surface area contributed by atoms with Crippen molar-refractivity contribution in [2.75, 3.05) is 31.1 Å². The van der Waals surface area contributed by atoms with E-state index in [2.05, 4.69) is 10.1 Å². The van der Waals surface area contributed by atoms with Crippen molar-refractivity contribution >= 4 is 32.6 Å². The molecule has 3 heterocycles. The van der Waals surface area contributed by atoms with E-state index >= 15 is 0 Å². The van der Waals surface area contributed by atoms with E-state index in [1.165, 1.54) is 17.4 Å². The van der Waals surface area contributed by atoms with E-state index in [1.807, 2.05) is 4.90 Å². The van der Waals surface area contributed by atoms with Gasteiger partial charge in [0.15, 0.2) is 5.13 Å². The molecule has 0 radical (unpaired) electrons. The Bertz CT molecular complexity index is 1010. The van der Waals surface area contributed by atoms with Crippen molar-refractivity contribution in [1.29, 1.82) is 0 Å². The zero-order valence-electron chi connectivity index (χ0n) is 15.1. The minimum atomic E-state index is -4.43. The second kappa shape index (κ2) is 7.08. The lowest BCUT2D eigenvalue weighted by atomic mass is 10.2. The zero-order valence-corrected chi connectivity index (χ0v) is 15.9. The third-order valence-electron chi connectivity index (χ3n) is 4.70. The number of para-hydroxylation sites is 1. The van der Waals surface area contributed by atoms with Crippen LogP contribution in [0.25, 0.3) is 10.2 Å². The maximum Gasteiger partial charge on any atom is 0.418 e. The fourth-order valence-electron chi connectivity index (χ4n) is 3.30. The van der Waals surface area contributed by atoms with Crippen LogP contribution < -0.4 is 4.90 Å². The number of fused-ring (bicyclic) bond motifs is 1. The number of aryl methyl sites for hydroxylation is 1. The van der Waals surface area contributed by atoms with Gasteiger partial charge < -0.3 is 9.80 Å². The highest BCUT2D eigenvalue weighted by Crippen LogP contribution is 2.38. The Labute approximate surface area is 163 Å². The summed E-state index contributed by atoms with van der Waals surface area (Å²) in [6.45, 7) is 2.19. The van der Waals surface area contributed by atoms with E-state index in [1.54, 1.807) is 35.0 Å². The fourth-order valence-corrected chi connectivity index (χ4v) is 4.35. The quantitative estimate of drug-likeness (QED) is 0.651. The second-order valence-corrected chi connectivity index (χ2v) is 7.66. The number of thiazole rings is 1. The van der Waals surface area contributed by atoms with Crippen molar-refractivity contribution in [2.24, 2.45) is 7.05 Å². The monoisotopic (exact) mass is 409 g/mol. The summed E-state index contributed by atoms with van der Waals surface area (Å²) >= 11 is 1.25. The van der Waals surface area contributed by atoms with E-state index in [0.29, 0.717) is 48.1 Å². The number of alkyl halides is 3. The van der Waals surface area contributed by atoms with Crippen LogP contribution in [0.4, 0.5) is 18.3 Å². The molecule has 1 saturated heterocycles. The highest BCUT2D eigenvalue weighted by molar-refractivity contribution is 7.22. The molecule has 1 aromatic carbocycles. The average molecular weight is 409 g/mol. The van der Waals surface area contributed by atoms with Crippen molar-refractivity contribution in [1.82, 2.24) is 19.7 Å². The van der Waals surface area contributed by atoms with Crippen molar-refractivity contribution in [3.8, 4) is 0 Å². The summed E-state index contributed by atoms with van der Waals surface area (Å²) in [5.74, 6) is -0.133. The van der Waals surface area contributed by atoms with Crippen LogP contribution in [0, 0.1) is 0 Å². The van der Waals surface area contributed by atoms with Gasteiger partial charge in [0.05, 0.1) is 15.8 Å². The number of benzene rings is 1. The normalized spacial score (nSPS) is 15.9. The molecule has 4 rings (SSSR count). The first-order valence-corrected chi connectivity index (χ1v) is 9.65. The summed E-state index contributed by atoms with van der Waals surface area (Å²) in [4.78, 5) is 20.6. The molecular weight excluding hydrogens is 391 g/mol. The van der Waals surface area contributed by atoms with Crippen molar-refractivity contribution in [3.05, 3.63) is 41.7 Å². The van der Waals surface area contributed by atoms with Crippen LogP contribution in [0.5, 0.6) is 0 Å². The summed E-state index contributed by atoms with van der Waals surface area (Å²) in [7, 11) is 1.75. The first kappa shape index (κ1) is 18.7. The van der Waals surface area contributed by atoms with E-state index < -0.39 is 11.7 Å². The summed E-state index contributed by atoms with van der Waals surface area (Å²) in [6.07, 6.45) is -2.01. The highest BCUT2D eigenvalue weighted by atomic mass is 32.1. The maximum absolute atomic E-state index is 13.2. The van der Waals surface area contributed by atoms with Gasteiger partial charge in [-0.3, -0.25) is 9.48 Å². The summed E-state index contributed by atoms with van der Waals surface area (Å²) in [6, 6.07) is 5.79. The van der Waals surface area contributed by atoms with Crippen LogP contribution in [0.1, 0.15) is 22.5 Å². The van der Waals surface area contributed by atoms with Gasteiger partial charge in [0, 0.05) is 39.4 Å². The Kier molecular flexibility index (Phi) is 4.74. The minimum absolute atomic E-state index is 0.0133. The third-order valence-corrected chi connectivity index (χ3v) is 5.78. The molecule has 1 fully saturated rings. The molecule has 10 heteroatoms. The molecule has 1 amide bonds. The molecule has 0 aliphatic carbocycles. The number of hydrogen-bond donors (Lipinski definition) is 0. The largest absolute Gasteiger partial charge is 0.418 e. The topological polar surface area (TPSA) is 54.3 Å². The first-order valence-electron chi connectivity index (χ1n) is 8.83. The van der Waals surface area contributed by atoms with Crippen LogP contribution in [-0.2, 0) is 13.2 Å². The number of amides is 1. The Balaban J connectivity index is 1.54. The van der Waals surface area contributed by atoms with Gasteiger partial charge in [-0.25, -0.2) is 4.98 Å². The average Bonchev–Trinajstić information content (AvgIpc) is 3.19. The fraction of sp³-hybridized carbons (Fsp3) is 0.389. The molecule has 0 saturated carbocycles. The molecule has 0 unspecified atom stereocenters. The van der Waals surface area contributed by atoms with Crippen LogP contribution in [0.2, 0.25) is 0 Å². The summed E-state index contributed by atoms with van der Waals surface area (Å²) < 4.78 is 41.8. The van der Waals surface area contributed by atoms with Gasteiger partial charge in [-0.2, -0.15) is 18.3 Å². The molecule has 0 N–H and O–H groups in total. The van der Waals surface area contributed by atoms with Gasteiger partial charge >= 0.3 is 6.18 Å². The van der Waals surface area contributed by atoms with E-state index in [4.69, 9.17) is 0 Å². The van der Waals surface area contributed by atoms with E-state index in [9.17, 15) is 18.0 Å². The van der Waals surface area contributed by atoms with E-state index in [-0.39, 0.29) is 11.4 Å². The Hall–Kier alpha value is -2.62. The minimum Gasteiger partial charge on any atom is -0.346 e. The highest BCUT2D eigenvalue weighted by Gasteiger charge is 2.34. The molecule has 1 aliphatic rings. The molecule has 6 nitrogen and oxygen atoms in total. The molecule has 0 atom stereocenters. The van der Waals surface area contributed by atoms with Crippen molar-refractivity contribution in [2.45, 2.75) is 12.6 Å². The van der Waals surface area contributed by atoms with E-state index in [0.717, 1.165) is 6.07 Å². The lowest BCUT2D eigenvalue weighted by Gasteiger charge is -2.21. The molecule has 2 aromatic heterocycles. The van der Waals surface area contributed by atoms with Crippen molar-refractivity contribution < 1.29 is 18.0 Å². The Morgan fingerprint density at radius 2 is 1.96 bits per heavy atom. The molecule has 0 bridgehead atoms. The lowest BCUT2D eigenvalue weighted by molar-refractivity contribution is -0.136.